The van der Waals surface area contributed by atoms with Crippen LogP contribution >= 0.6 is 0 Å². The van der Waals surface area contributed by atoms with Crippen molar-refractivity contribution in [3.63, 3.8) is 0 Å². The van der Waals surface area contributed by atoms with Crippen LogP contribution in [0.2, 0.25) is 0 Å². The molecule has 2 aliphatic rings. The SMILES string of the molecule is c1ccc(-c2ccc(N(c3cccc4ccccc34)c3ccc(-c4ccc5c(c4)C4(c6ccccc6Oc6ccccc64)c4ccccc4[SiH]5c4ccccc4)c4ccccc34)cc2)cc1. The molecule has 11 aromatic rings. The number of fused-ring (bicyclic) bond motifs is 10. The van der Waals surface area contributed by atoms with Gasteiger partial charge in [0, 0.05) is 27.6 Å². The number of hydrogen-bond acceptors (Lipinski definition) is 2. The van der Waals surface area contributed by atoms with Gasteiger partial charge in [0.15, 0.2) is 0 Å². The molecule has 0 amide bonds. The summed E-state index contributed by atoms with van der Waals surface area (Å²) in [6, 6.07) is 94.0. The highest BCUT2D eigenvalue weighted by Gasteiger charge is 2.51. The van der Waals surface area contributed by atoms with Crippen LogP contribution < -0.4 is 25.2 Å². The van der Waals surface area contributed by atoms with Gasteiger partial charge in [-0.2, -0.15) is 0 Å². The molecular formula is C63H43NOSi. The zero-order chi connectivity index (χ0) is 43.6. The second kappa shape index (κ2) is 15.5. The standard InChI is InChI=1S/C63H43NOSi/c1-3-18-43(19-4-1)44-34-37-47(38-35-44)64(57-30-17-21-45-20-7-8-24-50(45)57)58-40-39-49(51-25-9-10-26-52(51)58)46-36-41-62-56(42-46)63(53-27-11-14-31-59(53)65-60-32-15-12-28-54(60)63)55-29-13-16-33-61(55)66(62)48-22-5-2-6-23-48/h1-42,66H. The van der Waals surface area contributed by atoms with Gasteiger partial charge in [-0.3, -0.25) is 0 Å². The van der Waals surface area contributed by atoms with Crippen LogP contribution in [0, 0.1) is 0 Å². The molecule has 1 unspecified atom stereocenters. The van der Waals surface area contributed by atoms with E-state index in [1.54, 1.807) is 0 Å². The molecule has 0 fully saturated rings. The zero-order valence-corrected chi connectivity index (χ0v) is 37.3. The highest BCUT2D eigenvalue weighted by molar-refractivity contribution is 6.96. The lowest BCUT2D eigenvalue weighted by atomic mass is 9.63. The topological polar surface area (TPSA) is 12.5 Å². The summed E-state index contributed by atoms with van der Waals surface area (Å²) < 4.78 is 6.79. The fourth-order valence-corrected chi connectivity index (χ4v) is 14.7. The predicted molar refractivity (Wildman–Crippen MR) is 278 cm³/mol. The van der Waals surface area contributed by atoms with Crippen molar-refractivity contribution in [1.29, 1.82) is 0 Å². The summed E-state index contributed by atoms with van der Waals surface area (Å²) in [7, 11) is -1.95. The van der Waals surface area contributed by atoms with Crippen LogP contribution in [0.4, 0.5) is 17.1 Å². The normalized spacial score (nSPS) is 14.2. The van der Waals surface area contributed by atoms with Gasteiger partial charge in [-0.15, -0.1) is 0 Å². The van der Waals surface area contributed by atoms with Crippen LogP contribution in [0.1, 0.15) is 22.3 Å². The summed E-state index contributed by atoms with van der Waals surface area (Å²) in [4.78, 5) is 2.45. The van der Waals surface area contributed by atoms with E-state index in [0.29, 0.717) is 0 Å². The van der Waals surface area contributed by atoms with E-state index in [1.807, 2.05) is 0 Å². The van der Waals surface area contributed by atoms with Crippen molar-refractivity contribution in [3.8, 4) is 33.8 Å². The summed E-state index contributed by atoms with van der Waals surface area (Å²) in [5, 5.41) is 9.12. The number of hydrogen-bond donors (Lipinski definition) is 0. The van der Waals surface area contributed by atoms with Gasteiger partial charge in [0.25, 0.3) is 0 Å². The Balaban J connectivity index is 1.05. The van der Waals surface area contributed by atoms with E-state index in [2.05, 4.69) is 260 Å². The molecule has 66 heavy (non-hydrogen) atoms. The minimum Gasteiger partial charge on any atom is -0.457 e. The maximum atomic E-state index is 6.79. The quantitative estimate of drug-likeness (QED) is 0.155. The third-order valence-electron chi connectivity index (χ3n) is 14.1. The molecule has 11 aromatic carbocycles. The summed E-state index contributed by atoms with van der Waals surface area (Å²) in [5.74, 6) is 1.81. The van der Waals surface area contributed by atoms with Gasteiger partial charge in [0.05, 0.1) is 16.8 Å². The number of ether oxygens (including phenoxy) is 1. The molecular weight excluding hydrogens is 815 g/mol. The van der Waals surface area contributed by atoms with Crippen molar-refractivity contribution in [2.45, 2.75) is 5.41 Å². The molecule has 0 aliphatic carbocycles. The Hall–Kier alpha value is -8.24. The number of nitrogens with zero attached hydrogens (tertiary/aromatic N) is 1. The van der Waals surface area contributed by atoms with Gasteiger partial charge in [-0.25, -0.2) is 0 Å². The third kappa shape index (κ3) is 5.87. The molecule has 2 nitrogen and oxygen atoms in total. The van der Waals surface area contributed by atoms with Crippen LogP contribution in [0.25, 0.3) is 43.8 Å². The van der Waals surface area contributed by atoms with Gasteiger partial charge >= 0.3 is 0 Å². The highest BCUT2D eigenvalue weighted by atomic mass is 28.3. The molecule has 0 radical (unpaired) electrons. The van der Waals surface area contributed by atoms with Gasteiger partial charge in [-0.05, 0) is 97.0 Å². The molecule has 13 rings (SSSR count). The third-order valence-corrected chi connectivity index (χ3v) is 17.4. The molecule has 2 heterocycles. The predicted octanol–water partition coefficient (Wildman–Crippen LogP) is 13.8. The largest absolute Gasteiger partial charge is 0.457 e. The molecule has 310 valence electrons. The first-order valence-electron chi connectivity index (χ1n) is 22.9. The fraction of sp³-hybridized carbons (Fsp3) is 0.0159. The van der Waals surface area contributed by atoms with Crippen LogP contribution in [0.5, 0.6) is 11.5 Å². The van der Waals surface area contributed by atoms with Crippen LogP contribution in [-0.2, 0) is 5.41 Å². The number of anilines is 3. The van der Waals surface area contributed by atoms with Crippen molar-refractivity contribution in [3.05, 3.63) is 277 Å². The van der Waals surface area contributed by atoms with E-state index in [0.717, 1.165) is 28.6 Å². The van der Waals surface area contributed by atoms with E-state index in [4.69, 9.17) is 4.74 Å². The Labute approximate surface area is 386 Å². The lowest BCUT2D eigenvalue weighted by Crippen LogP contribution is -2.62. The molecule has 1 spiro atoms. The summed E-state index contributed by atoms with van der Waals surface area (Å²) in [5.41, 5.74) is 12.6. The number of rotatable bonds is 6. The van der Waals surface area contributed by atoms with Crippen molar-refractivity contribution in [1.82, 2.24) is 0 Å². The Morgan fingerprint density at radius 2 is 0.894 bits per heavy atom. The molecule has 3 heteroatoms. The highest BCUT2D eigenvalue weighted by Crippen LogP contribution is 2.56. The molecule has 0 saturated heterocycles. The molecule has 1 atom stereocenters. The monoisotopic (exact) mass is 857 g/mol. The van der Waals surface area contributed by atoms with Gasteiger partial charge in [-0.1, -0.05) is 218 Å². The smallest absolute Gasteiger partial charge is 0.133 e. The molecule has 0 saturated carbocycles. The second-order valence-corrected chi connectivity index (χ2v) is 20.3. The average Bonchev–Trinajstić information content (AvgIpc) is 3.39. The fourth-order valence-electron chi connectivity index (χ4n) is 11.3. The Bertz CT molecular complexity index is 3590. The summed E-state index contributed by atoms with van der Waals surface area (Å²) >= 11 is 0. The summed E-state index contributed by atoms with van der Waals surface area (Å²) in [6.07, 6.45) is 0. The average molecular weight is 858 g/mol. The van der Waals surface area contributed by atoms with E-state index < -0.39 is 14.2 Å². The maximum Gasteiger partial charge on any atom is 0.133 e. The number of benzene rings is 11. The molecule has 2 aliphatic heterocycles. The lowest BCUT2D eigenvalue weighted by Gasteiger charge is -2.47. The zero-order valence-electron chi connectivity index (χ0n) is 36.2. The van der Waals surface area contributed by atoms with Crippen molar-refractivity contribution in [2.24, 2.45) is 0 Å². The van der Waals surface area contributed by atoms with Gasteiger partial charge in [0.2, 0.25) is 0 Å². The Morgan fingerprint density at radius 3 is 1.65 bits per heavy atom. The van der Waals surface area contributed by atoms with E-state index in [-0.39, 0.29) is 0 Å². The van der Waals surface area contributed by atoms with E-state index in [9.17, 15) is 0 Å². The lowest BCUT2D eigenvalue weighted by molar-refractivity contribution is 0.435. The minimum atomic E-state index is -1.95. The van der Waals surface area contributed by atoms with Crippen LogP contribution in [-0.4, -0.2) is 8.80 Å². The van der Waals surface area contributed by atoms with Gasteiger partial charge in [0.1, 0.15) is 20.3 Å². The molecule has 0 N–H and O–H groups in total. The van der Waals surface area contributed by atoms with E-state index in [1.165, 1.54) is 81.6 Å². The first-order chi connectivity index (χ1) is 32.8. The maximum absolute atomic E-state index is 6.79. The minimum absolute atomic E-state index is 0.599. The van der Waals surface area contributed by atoms with Crippen molar-refractivity contribution >= 4 is 63.0 Å². The Kier molecular flexibility index (Phi) is 8.97. The molecule has 0 aromatic heterocycles. The summed E-state index contributed by atoms with van der Waals surface area (Å²) in [6.45, 7) is 0. The van der Waals surface area contributed by atoms with Crippen molar-refractivity contribution in [2.75, 3.05) is 4.90 Å². The van der Waals surface area contributed by atoms with Crippen LogP contribution in [0.3, 0.4) is 0 Å². The molecule has 0 bridgehead atoms. The first-order valence-corrected chi connectivity index (χ1v) is 24.6. The van der Waals surface area contributed by atoms with E-state index >= 15 is 0 Å². The first kappa shape index (κ1) is 38.2. The van der Waals surface area contributed by atoms with Gasteiger partial charge < -0.3 is 9.64 Å². The Morgan fingerprint density at radius 1 is 0.348 bits per heavy atom. The second-order valence-electron chi connectivity index (χ2n) is 17.5. The number of para-hydroxylation sites is 2. The van der Waals surface area contributed by atoms with Crippen molar-refractivity contribution < 1.29 is 4.74 Å². The van der Waals surface area contributed by atoms with Crippen LogP contribution in [0.15, 0.2) is 255 Å².